The molecule has 2 atom stereocenters. The van der Waals surface area contributed by atoms with Crippen molar-refractivity contribution in [3.63, 3.8) is 0 Å². The Kier molecular flexibility index (Phi) is 5.18. The van der Waals surface area contributed by atoms with Crippen LogP contribution in [0.25, 0.3) is 0 Å². The average molecular weight is 353 g/mol. The maximum Gasteiger partial charge on any atom is 0.303 e. The summed E-state index contributed by atoms with van der Waals surface area (Å²) in [6.07, 6.45) is 3.67. The lowest BCUT2D eigenvalue weighted by atomic mass is 9.76. The molecule has 24 heavy (non-hydrogen) atoms. The van der Waals surface area contributed by atoms with Gasteiger partial charge < -0.3 is 9.53 Å². The number of hydrogen-bond donors (Lipinski definition) is 1. The summed E-state index contributed by atoms with van der Waals surface area (Å²) in [5, 5.41) is 9.06. The number of aliphatic carboxylic acids is 1. The van der Waals surface area contributed by atoms with Crippen molar-refractivity contribution in [3.8, 4) is 0 Å². The molecule has 136 valence electrons. The van der Waals surface area contributed by atoms with Crippen molar-refractivity contribution in [1.29, 1.82) is 0 Å². The van der Waals surface area contributed by atoms with E-state index in [0.29, 0.717) is 12.8 Å². The Morgan fingerprint density at radius 2 is 2.00 bits per heavy atom. The Morgan fingerprint density at radius 1 is 1.38 bits per heavy atom. The van der Waals surface area contributed by atoms with Crippen LogP contribution in [0.3, 0.4) is 0 Å². The molecule has 4 nitrogen and oxygen atoms in total. The van der Waals surface area contributed by atoms with Crippen molar-refractivity contribution in [2.75, 3.05) is 0 Å². The van der Waals surface area contributed by atoms with Gasteiger partial charge in [0.05, 0.1) is 5.60 Å². The Labute approximate surface area is 146 Å². The van der Waals surface area contributed by atoms with Gasteiger partial charge in [-0.1, -0.05) is 26.3 Å². The van der Waals surface area contributed by atoms with Crippen LogP contribution in [-0.2, 0) is 14.0 Å². The van der Waals surface area contributed by atoms with Crippen LogP contribution in [0.15, 0.2) is 11.1 Å². The lowest BCUT2D eigenvalue weighted by Crippen LogP contribution is -2.50. The molecule has 0 aromatic rings. The predicted octanol–water partition coefficient (Wildman–Crippen LogP) is 4.70. The van der Waals surface area contributed by atoms with E-state index in [1.165, 1.54) is 5.57 Å². The van der Waals surface area contributed by atoms with Crippen LogP contribution in [-0.4, -0.2) is 30.8 Å². The van der Waals surface area contributed by atoms with Gasteiger partial charge in [0.1, 0.15) is 0 Å². The molecule has 0 spiro atoms. The number of carbonyl (C=O) groups is 2. The normalized spacial score (nSPS) is 28.2. The molecule has 0 bridgehead atoms. The van der Waals surface area contributed by atoms with Crippen molar-refractivity contribution >= 4 is 20.1 Å². The molecule has 1 fully saturated rings. The summed E-state index contributed by atoms with van der Waals surface area (Å²) in [6.45, 7) is 13.5. The number of hydrogen-bond acceptors (Lipinski definition) is 3. The molecular weight excluding hydrogens is 320 g/mol. The van der Waals surface area contributed by atoms with Crippen molar-refractivity contribution in [2.24, 2.45) is 5.92 Å². The molecule has 5 heteroatoms. The van der Waals surface area contributed by atoms with Crippen molar-refractivity contribution < 1.29 is 19.1 Å². The molecule has 0 aliphatic heterocycles. The van der Waals surface area contributed by atoms with Gasteiger partial charge in [-0.3, -0.25) is 9.59 Å². The predicted molar refractivity (Wildman–Crippen MR) is 97.5 cm³/mol. The number of fused-ring (bicyclic) bond motifs is 1. The first-order chi connectivity index (χ1) is 10.8. The minimum absolute atomic E-state index is 0.0506. The van der Waals surface area contributed by atoms with Gasteiger partial charge in [-0.05, 0) is 62.2 Å². The van der Waals surface area contributed by atoms with Crippen LogP contribution in [0.4, 0.5) is 0 Å². The van der Waals surface area contributed by atoms with E-state index >= 15 is 0 Å². The van der Waals surface area contributed by atoms with E-state index in [2.05, 4.69) is 40.8 Å². The number of carbonyl (C=O) groups excluding carboxylic acids is 1. The molecular formula is C19H32O4Si. The van der Waals surface area contributed by atoms with Crippen LogP contribution in [0.5, 0.6) is 0 Å². The van der Waals surface area contributed by atoms with E-state index in [-0.39, 0.29) is 28.8 Å². The first-order valence-corrected chi connectivity index (χ1v) is 11.9. The van der Waals surface area contributed by atoms with Crippen molar-refractivity contribution in [1.82, 2.24) is 0 Å². The quantitative estimate of drug-likeness (QED) is 0.728. The number of allylic oxidation sites excluding steroid dienone is 2. The highest BCUT2D eigenvalue weighted by atomic mass is 28.4. The van der Waals surface area contributed by atoms with Crippen LogP contribution in [0.2, 0.25) is 18.1 Å². The van der Waals surface area contributed by atoms with Gasteiger partial charge in [-0.25, -0.2) is 0 Å². The SMILES string of the molecule is CC(C)(C)[Si](C)(C)O[C@]1(C)CCC2=C(CCC(=O)O)C(=O)C[C@@H]2C1. The minimum Gasteiger partial charge on any atom is -0.481 e. The van der Waals surface area contributed by atoms with Gasteiger partial charge in [0.25, 0.3) is 0 Å². The molecule has 2 aliphatic carbocycles. The molecule has 0 radical (unpaired) electrons. The zero-order valence-corrected chi connectivity index (χ0v) is 17.0. The maximum absolute atomic E-state index is 12.3. The highest BCUT2D eigenvalue weighted by Gasteiger charge is 2.47. The standard InChI is InChI=1S/C19H32O4Si/c1-18(2,3)24(5,6)23-19(4)10-9-14-13(12-19)11-16(20)15(14)7-8-17(21)22/h13H,7-12H2,1-6H3,(H,21,22)/t13-,19-/m1/s1. The first-order valence-electron chi connectivity index (χ1n) is 9.02. The average Bonchev–Trinajstić information content (AvgIpc) is 2.68. The van der Waals surface area contributed by atoms with Gasteiger partial charge in [0.2, 0.25) is 0 Å². The number of ketones is 1. The van der Waals surface area contributed by atoms with Gasteiger partial charge in [-0.2, -0.15) is 0 Å². The topological polar surface area (TPSA) is 63.6 Å². The molecule has 1 saturated carbocycles. The van der Waals surface area contributed by atoms with Gasteiger partial charge >= 0.3 is 5.97 Å². The number of carboxylic acids is 1. The lowest BCUT2D eigenvalue weighted by Gasteiger charge is -2.47. The maximum atomic E-state index is 12.3. The highest BCUT2D eigenvalue weighted by Crippen LogP contribution is 2.49. The van der Waals surface area contributed by atoms with E-state index in [4.69, 9.17) is 9.53 Å². The Balaban J connectivity index is 2.13. The third kappa shape index (κ3) is 3.99. The van der Waals surface area contributed by atoms with E-state index in [0.717, 1.165) is 24.8 Å². The largest absolute Gasteiger partial charge is 0.481 e. The molecule has 1 N–H and O–H groups in total. The number of Topliss-reactive ketones (excluding diaryl/α,β-unsaturated/α-hetero) is 1. The molecule has 2 aliphatic rings. The van der Waals surface area contributed by atoms with Gasteiger partial charge in [0.15, 0.2) is 14.1 Å². The lowest BCUT2D eigenvalue weighted by molar-refractivity contribution is -0.136. The number of rotatable bonds is 5. The Hall–Kier alpha value is -0.943. The monoisotopic (exact) mass is 352 g/mol. The van der Waals surface area contributed by atoms with Crippen LogP contribution < -0.4 is 0 Å². The fourth-order valence-corrected chi connectivity index (χ4v) is 5.59. The van der Waals surface area contributed by atoms with Crippen LogP contribution in [0.1, 0.15) is 66.2 Å². The second kappa shape index (κ2) is 6.41. The van der Waals surface area contributed by atoms with Gasteiger partial charge in [0, 0.05) is 12.8 Å². The summed E-state index contributed by atoms with van der Waals surface area (Å²) < 4.78 is 6.72. The Morgan fingerprint density at radius 3 is 2.54 bits per heavy atom. The highest BCUT2D eigenvalue weighted by molar-refractivity contribution is 6.74. The molecule has 0 amide bonds. The summed E-state index contributed by atoms with van der Waals surface area (Å²) in [5.74, 6) is -0.418. The fraction of sp³-hybridized carbons (Fsp3) is 0.789. The fourth-order valence-electron chi connectivity index (χ4n) is 3.86. The summed E-state index contributed by atoms with van der Waals surface area (Å²) in [5.41, 5.74) is 1.86. The van der Waals surface area contributed by atoms with Crippen LogP contribution in [0, 0.1) is 5.92 Å². The van der Waals surface area contributed by atoms with E-state index < -0.39 is 14.3 Å². The summed E-state index contributed by atoms with van der Waals surface area (Å²) in [4.78, 5) is 23.2. The van der Waals surface area contributed by atoms with Crippen molar-refractivity contribution in [2.45, 2.75) is 90.0 Å². The van der Waals surface area contributed by atoms with Crippen molar-refractivity contribution in [3.05, 3.63) is 11.1 Å². The zero-order valence-electron chi connectivity index (χ0n) is 16.0. The first kappa shape index (κ1) is 19.4. The third-order valence-electron chi connectivity index (χ3n) is 6.15. The number of carboxylic acid groups (broad SMARTS) is 1. The third-order valence-corrected chi connectivity index (χ3v) is 10.8. The van der Waals surface area contributed by atoms with Gasteiger partial charge in [-0.15, -0.1) is 0 Å². The molecule has 0 aromatic carbocycles. The molecule has 2 rings (SSSR count). The molecule has 0 saturated heterocycles. The molecule has 0 aromatic heterocycles. The second-order valence-electron chi connectivity index (χ2n) is 9.24. The second-order valence-corrected chi connectivity index (χ2v) is 14.0. The van der Waals surface area contributed by atoms with E-state index in [1.807, 2.05) is 0 Å². The zero-order chi connectivity index (χ0) is 18.3. The Bertz CT molecular complexity index is 570. The van der Waals surface area contributed by atoms with E-state index in [9.17, 15) is 9.59 Å². The summed E-state index contributed by atoms with van der Waals surface area (Å²) >= 11 is 0. The van der Waals surface area contributed by atoms with Crippen LogP contribution >= 0.6 is 0 Å². The summed E-state index contributed by atoms with van der Waals surface area (Å²) in [7, 11) is -1.85. The van der Waals surface area contributed by atoms with E-state index in [1.54, 1.807) is 0 Å². The minimum atomic E-state index is -1.85. The smallest absolute Gasteiger partial charge is 0.303 e. The summed E-state index contributed by atoms with van der Waals surface area (Å²) in [6, 6.07) is 0. The molecule has 0 unspecified atom stereocenters. The molecule has 0 heterocycles.